The van der Waals surface area contributed by atoms with Crippen LogP contribution in [-0.2, 0) is 66.4 Å². The van der Waals surface area contributed by atoms with Crippen LogP contribution in [0.3, 0.4) is 0 Å². The largest absolute Gasteiger partial charge is 0.420 e. The Morgan fingerprint density at radius 1 is 0.317 bits per heavy atom. The van der Waals surface area contributed by atoms with Crippen LogP contribution in [0.15, 0.2) is 0 Å². The molecule has 0 unspecified atom stereocenters. The molecular weight excluding hydrogens is 815 g/mol. The van der Waals surface area contributed by atoms with Crippen molar-refractivity contribution in [2.75, 3.05) is 172 Å². The number of hydrogen-bond donors (Lipinski definition) is 0. The Hall–Kier alpha value is -2.18. The van der Waals surface area contributed by atoms with Crippen LogP contribution >= 0.6 is 0 Å². The fourth-order valence-corrected chi connectivity index (χ4v) is 4.54. The molecule has 0 aromatic heterocycles. The van der Waals surface area contributed by atoms with E-state index in [9.17, 15) is 26.7 Å². The third-order valence-corrected chi connectivity index (χ3v) is 7.69. The molecule has 1 aromatic carbocycles. The van der Waals surface area contributed by atoms with Crippen molar-refractivity contribution in [1.29, 1.82) is 0 Å². The van der Waals surface area contributed by atoms with E-state index in [0.29, 0.717) is 139 Å². The number of rotatable bonds is 46. The second kappa shape index (κ2) is 42.1. The SMILES string of the molecule is CCCCCCCOCCOCCOCCOCCOCCOCCOCCOCCOCCOCCOCCOCCOCCC(=O)Oc1c(F)c(F)c(F)c(F)c1F. The summed E-state index contributed by atoms with van der Waals surface area (Å²) >= 11 is 0. The molecule has 0 aliphatic rings. The Labute approximate surface area is 350 Å². The molecule has 1 aromatic rings. The first-order chi connectivity index (χ1) is 29.4. The number of unbranched alkanes of at least 4 members (excludes halogenated alkanes) is 4. The molecule has 0 radical (unpaired) electrons. The molecule has 0 fully saturated rings. The Balaban J connectivity index is 1.69. The zero-order chi connectivity index (χ0) is 43.6. The Morgan fingerprint density at radius 3 is 0.833 bits per heavy atom. The molecule has 0 aliphatic carbocycles. The normalized spacial score (nSPS) is 11.6. The van der Waals surface area contributed by atoms with Crippen LogP contribution in [0.5, 0.6) is 5.75 Å². The van der Waals surface area contributed by atoms with Crippen molar-refractivity contribution in [1.82, 2.24) is 0 Å². The number of hydrogen-bond acceptors (Lipinski definition) is 15. The predicted octanol–water partition coefficient (Wildman–Crippen LogP) is 4.86. The number of esters is 1. The fourth-order valence-electron chi connectivity index (χ4n) is 4.54. The van der Waals surface area contributed by atoms with Crippen LogP contribution < -0.4 is 4.74 Å². The summed E-state index contributed by atoms with van der Waals surface area (Å²) in [5.74, 6) is -14.1. The van der Waals surface area contributed by atoms with Gasteiger partial charge in [0.2, 0.25) is 34.8 Å². The van der Waals surface area contributed by atoms with Crippen LogP contribution in [0.25, 0.3) is 0 Å². The van der Waals surface area contributed by atoms with Gasteiger partial charge in [-0.05, 0) is 6.42 Å². The van der Waals surface area contributed by atoms with Crippen molar-refractivity contribution < 1.29 is 93.1 Å². The van der Waals surface area contributed by atoms with Gasteiger partial charge in [0.25, 0.3) is 0 Å². The van der Waals surface area contributed by atoms with Gasteiger partial charge in [-0.3, -0.25) is 4.79 Å². The first-order valence-electron chi connectivity index (χ1n) is 20.6. The first-order valence-corrected chi connectivity index (χ1v) is 20.6. The lowest BCUT2D eigenvalue weighted by molar-refractivity contribution is -0.136. The molecule has 0 aliphatic heterocycles. The molecular formula is C40H67F5O15. The quantitative estimate of drug-likeness (QED) is 0.0219. The summed E-state index contributed by atoms with van der Waals surface area (Å²) in [7, 11) is 0. The highest BCUT2D eigenvalue weighted by atomic mass is 19.2. The number of halogens is 5. The van der Waals surface area contributed by atoms with Crippen molar-refractivity contribution in [3.05, 3.63) is 29.1 Å². The molecule has 0 heterocycles. The topological polar surface area (TPSA) is 146 Å². The smallest absolute Gasteiger partial charge is 0.313 e. The summed E-state index contributed by atoms with van der Waals surface area (Å²) in [5, 5.41) is 0. The Bertz CT molecular complexity index is 1120. The van der Waals surface area contributed by atoms with E-state index in [-0.39, 0.29) is 26.4 Å². The molecule has 0 spiro atoms. The zero-order valence-corrected chi connectivity index (χ0v) is 35.1. The highest BCUT2D eigenvalue weighted by molar-refractivity contribution is 5.72. The van der Waals surface area contributed by atoms with Crippen molar-refractivity contribution in [3.63, 3.8) is 0 Å². The standard InChI is InChI=1S/C40H67F5O15/c1-2-3-4-5-6-8-47-10-12-49-14-16-51-18-20-53-22-24-55-26-28-57-30-32-59-33-31-58-29-27-56-25-23-54-21-19-52-17-15-50-13-11-48-9-7-34(46)60-40-38(44)36(42)35(41)37(43)39(40)45/h2-33H2,1H3. The molecule has 0 bridgehead atoms. The van der Waals surface area contributed by atoms with E-state index in [0.717, 1.165) is 13.0 Å². The molecule has 1 rings (SSSR count). The van der Waals surface area contributed by atoms with E-state index >= 15 is 0 Å². The number of benzene rings is 1. The van der Waals surface area contributed by atoms with Crippen molar-refractivity contribution in [2.45, 2.75) is 45.4 Å². The lowest BCUT2D eigenvalue weighted by atomic mass is 10.2. The van der Waals surface area contributed by atoms with Gasteiger partial charge < -0.3 is 66.3 Å². The van der Waals surface area contributed by atoms with Gasteiger partial charge in [-0.25, -0.2) is 13.2 Å². The average molecular weight is 883 g/mol. The monoisotopic (exact) mass is 882 g/mol. The van der Waals surface area contributed by atoms with Crippen LogP contribution in [0.2, 0.25) is 0 Å². The predicted molar refractivity (Wildman–Crippen MR) is 206 cm³/mol. The lowest BCUT2D eigenvalue weighted by Crippen LogP contribution is -2.16. The highest BCUT2D eigenvalue weighted by Crippen LogP contribution is 2.29. The maximum absolute atomic E-state index is 13.6. The third-order valence-electron chi connectivity index (χ3n) is 7.69. The minimum atomic E-state index is -2.35. The second-order valence-electron chi connectivity index (χ2n) is 12.5. The van der Waals surface area contributed by atoms with Crippen LogP contribution in [0.1, 0.15) is 45.4 Å². The van der Waals surface area contributed by atoms with E-state index in [1.54, 1.807) is 0 Å². The van der Waals surface area contributed by atoms with Gasteiger partial charge in [0.05, 0.1) is 172 Å². The van der Waals surface area contributed by atoms with E-state index in [2.05, 4.69) is 11.7 Å². The van der Waals surface area contributed by atoms with Gasteiger partial charge in [0.1, 0.15) is 0 Å². The van der Waals surface area contributed by atoms with Crippen molar-refractivity contribution in [2.24, 2.45) is 0 Å². The van der Waals surface area contributed by atoms with Crippen LogP contribution in [0, 0.1) is 29.1 Å². The molecule has 0 atom stereocenters. The van der Waals surface area contributed by atoms with Crippen LogP contribution in [-0.4, -0.2) is 178 Å². The summed E-state index contributed by atoms with van der Waals surface area (Å²) in [6.45, 7) is 13.1. The summed E-state index contributed by atoms with van der Waals surface area (Å²) in [6, 6.07) is 0. The number of carbonyl (C=O) groups is 1. The van der Waals surface area contributed by atoms with Crippen LogP contribution in [0.4, 0.5) is 22.0 Å². The fraction of sp³-hybridized carbons (Fsp3) is 0.825. The van der Waals surface area contributed by atoms with E-state index in [4.69, 9.17) is 61.6 Å². The summed E-state index contributed by atoms with van der Waals surface area (Å²) in [5.41, 5.74) is 0. The molecule has 15 nitrogen and oxygen atoms in total. The van der Waals surface area contributed by atoms with E-state index < -0.39 is 47.2 Å². The molecule has 0 amide bonds. The molecule has 352 valence electrons. The zero-order valence-electron chi connectivity index (χ0n) is 35.1. The molecule has 0 N–H and O–H groups in total. The van der Waals surface area contributed by atoms with E-state index in [1.807, 2.05) is 0 Å². The van der Waals surface area contributed by atoms with Gasteiger partial charge in [0, 0.05) is 6.61 Å². The molecule has 20 heteroatoms. The Morgan fingerprint density at radius 2 is 0.550 bits per heavy atom. The molecule has 0 saturated heterocycles. The summed E-state index contributed by atoms with van der Waals surface area (Å²) < 4.78 is 141. The van der Waals surface area contributed by atoms with Gasteiger partial charge in [0.15, 0.2) is 0 Å². The molecule has 60 heavy (non-hydrogen) atoms. The summed E-state index contributed by atoms with van der Waals surface area (Å²) in [6.07, 6.45) is 5.70. The van der Waals surface area contributed by atoms with Gasteiger partial charge in [-0.2, -0.15) is 8.78 Å². The minimum absolute atomic E-state index is 0.0784. The third kappa shape index (κ3) is 32.5. The maximum atomic E-state index is 13.6. The average Bonchev–Trinajstić information content (AvgIpc) is 3.25. The van der Waals surface area contributed by atoms with Gasteiger partial charge in [-0.15, -0.1) is 0 Å². The maximum Gasteiger partial charge on any atom is 0.313 e. The van der Waals surface area contributed by atoms with Gasteiger partial charge >= 0.3 is 5.97 Å². The highest BCUT2D eigenvalue weighted by Gasteiger charge is 2.28. The van der Waals surface area contributed by atoms with Crippen molar-refractivity contribution in [3.8, 4) is 5.75 Å². The number of carbonyl (C=O) groups excluding carboxylic acids is 1. The number of ether oxygens (including phenoxy) is 14. The summed E-state index contributed by atoms with van der Waals surface area (Å²) in [4.78, 5) is 11.7. The molecule has 0 saturated carbocycles. The Kier molecular flexibility index (Phi) is 39.2. The van der Waals surface area contributed by atoms with Crippen molar-refractivity contribution >= 4 is 5.97 Å². The van der Waals surface area contributed by atoms with Gasteiger partial charge in [-0.1, -0.05) is 32.6 Å². The second-order valence-corrected chi connectivity index (χ2v) is 12.5. The van der Waals surface area contributed by atoms with E-state index in [1.165, 1.54) is 25.7 Å². The minimum Gasteiger partial charge on any atom is -0.420 e. The first kappa shape index (κ1) is 55.8. The lowest BCUT2D eigenvalue weighted by Gasteiger charge is -2.09.